The van der Waals surface area contributed by atoms with Crippen molar-refractivity contribution in [1.29, 1.82) is 0 Å². The van der Waals surface area contributed by atoms with E-state index < -0.39 is 0 Å². The van der Waals surface area contributed by atoms with E-state index >= 15 is 0 Å². The Morgan fingerprint density at radius 3 is 2.40 bits per heavy atom. The van der Waals surface area contributed by atoms with E-state index in [4.69, 9.17) is 0 Å². The lowest BCUT2D eigenvalue weighted by Crippen LogP contribution is -1.82. The van der Waals surface area contributed by atoms with Crippen LogP contribution in [0.2, 0.25) is 0 Å². The highest BCUT2D eigenvalue weighted by Gasteiger charge is 2.05. The zero-order valence-electron chi connectivity index (χ0n) is 11.0. The molecule has 0 heteroatoms. The second-order valence-corrected chi connectivity index (χ2v) is 4.98. The summed E-state index contributed by atoms with van der Waals surface area (Å²) in [4.78, 5) is 0. The van der Waals surface area contributed by atoms with Crippen molar-refractivity contribution >= 4 is 21.5 Å². The Balaban J connectivity index is 2.12. The van der Waals surface area contributed by atoms with Crippen molar-refractivity contribution in [1.82, 2.24) is 0 Å². The van der Waals surface area contributed by atoms with Crippen molar-refractivity contribution in [2.24, 2.45) is 0 Å². The molecule has 0 fully saturated rings. The molecular weight excluding hydrogens is 240 g/mol. The van der Waals surface area contributed by atoms with Gasteiger partial charge in [-0.15, -0.1) is 0 Å². The van der Waals surface area contributed by atoms with Crippen LogP contribution >= 0.6 is 0 Å². The monoisotopic (exact) mass is 253 g/mol. The van der Waals surface area contributed by atoms with Crippen molar-refractivity contribution < 1.29 is 0 Å². The molecule has 4 rings (SSSR count). The van der Waals surface area contributed by atoms with E-state index in [-0.39, 0.29) is 0 Å². The minimum absolute atomic E-state index is 1.24. The molecule has 0 bridgehead atoms. The molecule has 0 heterocycles. The Kier molecular flexibility index (Phi) is 2.53. The molecule has 20 heavy (non-hydrogen) atoms. The first kappa shape index (κ1) is 11.2. The predicted octanol–water partition coefficient (Wildman–Crippen LogP) is 5.46. The molecule has 4 aromatic rings. The summed E-state index contributed by atoms with van der Waals surface area (Å²) in [7, 11) is 0. The number of hydrogen-bond acceptors (Lipinski definition) is 0. The Labute approximate surface area is 118 Å². The number of hydrogen-bond donors (Lipinski definition) is 0. The van der Waals surface area contributed by atoms with Gasteiger partial charge in [0.2, 0.25) is 0 Å². The largest absolute Gasteiger partial charge is 0.0622 e. The van der Waals surface area contributed by atoms with Gasteiger partial charge >= 0.3 is 0 Å². The highest BCUT2D eigenvalue weighted by Crippen LogP contribution is 2.32. The minimum atomic E-state index is 1.24. The van der Waals surface area contributed by atoms with Gasteiger partial charge in [-0.2, -0.15) is 0 Å². The van der Waals surface area contributed by atoms with Gasteiger partial charge in [0, 0.05) is 0 Å². The average Bonchev–Trinajstić information content (AvgIpc) is 2.55. The highest BCUT2D eigenvalue weighted by atomic mass is 14.1. The molecule has 1 radical (unpaired) electrons. The zero-order valence-corrected chi connectivity index (χ0v) is 11.0. The molecule has 0 atom stereocenters. The molecule has 0 aliphatic rings. The standard InChI is InChI=1S/C20H13/c1-2-7-15(8-3-1)18-11-6-12-19-17-10-5-4-9-16(17)13-14-20(18)19/h1-3,5-14H. The lowest BCUT2D eigenvalue weighted by molar-refractivity contribution is 1.66. The van der Waals surface area contributed by atoms with Crippen LogP contribution in [0, 0.1) is 6.07 Å². The van der Waals surface area contributed by atoms with E-state index in [1.807, 2.05) is 12.1 Å². The summed E-state index contributed by atoms with van der Waals surface area (Å²) < 4.78 is 0. The van der Waals surface area contributed by atoms with Gasteiger partial charge in [-0.25, -0.2) is 0 Å². The van der Waals surface area contributed by atoms with Crippen LogP contribution in [0.1, 0.15) is 0 Å². The van der Waals surface area contributed by atoms with Crippen molar-refractivity contribution in [3.63, 3.8) is 0 Å². The summed E-state index contributed by atoms with van der Waals surface area (Å²) in [5.41, 5.74) is 2.55. The van der Waals surface area contributed by atoms with Gasteiger partial charge in [0.15, 0.2) is 0 Å². The fourth-order valence-corrected chi connectivity index (χ4v) is 2.85. The maximum Gasteiger partial charge on any atom is -0.00990 e. The fourth-order valence-electron chi connectivity index (χ4n) is 2.85. The summed E-state index contributed by atoms with van der Waals surface area (Å²) in [5, 5.41) is 5.14. The summed E-state index contributed by atoms with van der Waals surface area (Å²) in [5.74, 6) is 0. The molecule has 0 saturated heterocycles. The Bertz CT molecular complexity index is 889. The maximum absolute atomic E-state index is 3.15. The fraction of sp³-hybridized carbons (Fsp3) is 0. The van der Waals surface area contributed by atoms with E-state index in [0.717, 1.165) is 0 Å². The minimum Gasteiger partial charge on any atom is -0.0622 e. The lowest BCUT2D eigenvalue weighted by Gasteiger charge is -2.09. The van der Waals surface area contributed by atoms with Crippen molar-refractivity contribution in [2.75, 3.05) is 0 Å². The molecule has 0 nitrogen and oxygen atoms in total. The SMILES string of the molecule is [c]1ccc2c(c1)ccc1c(-c3ccccc3)cccc12. The number of benzene rings is 4. The molecule has 93 valence electrons. The summed E-state index contributed by atoms with van der Waals surface area (Å²) >= 11 is 0. The van der Waals surface area contributed by atoms with Crippen LogP contribution in [0.4, 0.5) is 0 Å². The van der Waals surface area contributed by atoms with Crippen LogP contribution in [0.15, 0.2) is 78.9 Å². The first-order valence-corrected chi connectivity index (χ1v) is 6.80. The van der Waals surface area contributed by atoms with Gasteiger partial charge in [0.05, 0.1) is 0 Å². The van der Waals surface area contributed by atoms with Gasteiger partial charge in [-0.05, 0) is 44.8 Å². The van der Waals surface area contributed by atoms with Gasteiger partial charge in [0.1, 0.15) is 0 Å². The van der Waals surface area contributed by atoms with Crippen LogP contribution < -0.4 is 0 Å². The van der Waals surface area contributed by atoms with Gasteiger partial charge < -0.3 is 0 Å². The second kappa shape index (κ2) is 4.50. The van der Waals surface area contributed by atoms with E-state index in [9.17, 15) is 0 Å². The maximum atomic E-state index is 3.15. The van der Waals surface area contributed by atoms with E-state index in [2.05, 4.69) is 72.8 Å². The zero-order chi connectivity index (χ0) is 13.4. The molecule has 4 aromatic carbocycles. The molecule has 0 amide bonds. The highest BCUT2D eigenvalue weighted by molar-refractivity contribution is 6.11. The summed E-state index contributed by atoms with van der Waals surface area (Å²) in [6.07, 6.45) is 0. The molecule has 0 aliphatic carbocycles. The van der Waals surface area contributed by atoms with Crippen LogP contribution in [-0.4, -0.2) is 0 Å². The van der Waals surface area contributed by atoms with Crippen LogP contribution in [-0.2, 0) is 0 Å². The quantitative estimate of drug-likeness (QED) is 0.395. The molecule has 0 aliphatic heterocycles. The molecule has 0 saturated carbocycles. The molecule has 0 spiro atoms. The first-order valence-electron chi connectivity index (χ1n) is 6.80. The van der Waals surface area contributed by atoms with E-state index in [0.29, 0.717) is 0 Å². The average molecular weight is 253 g/mol. The summed E-state index contributed by atoms with van der Waals surface area (Å²) in [6.45, 7) is 0. The van der Waals surface area contributed by atoms with Crippen molar-refractivity contribution in [2.45, 2.75) is 0 Å². The first-order chi connectivity index (χ1) is 9.93. The van der Waals surface area contributed by atoms with Gasteiger partial charge in [0.25, 0.3) is 0 Å². The van der Waals surface area contributed by atoms with Crippen molar-refractivity contribution in [3.8, 4) is 11.1 Å². The number of rotatable bonds is 1. The van der Waals surface area contributed by atoms with Gasteiger partial charge in [-0.1, -0.05) is 72.8 Å². The lowest BCUT2D eigenvalue weighted by atomic mass is 9.95. The third-order valence-electron chi connectivity index (χ3n) is 3.81. The predicted molar refractivity (Wildman–Crippen MR) is 85.7 cm³/mol. The topological polar surface area (TPSA) is 0 Å². The Morgan fingerprint density at radius 1 is 0.600 bits per heavy atom. The molecule has 0 unspecified atom stereocenters. The molecule has 0 N–H and O–H groups in total. The van der Waals surface area contributed by atoms with E-state index in [1.54, 1.807) is 0 Å². The third kappa shape index (κ3) is 1.70. The summed E-state index contributed by atoms with van der Waals surface area (Å²) in [6, 6.07) is 30.8. The number of fused-ring (bicyclic) bond motifs is 3. The van der Waals surface area contributed by atoms with Crippen LogP contribution in [0.25, 0.3) is 32.7 Å². The smallest absolute Gasteiger partial charge is 0.00990 e. The Morgan fingerprint density at radius 2 is 1.50 bits per heavy atom. The Hall–Kier alpha value is -2.60. The van der Waals surface area contributed by atoms with Crippen LogP contribution in [0.5, 0.6) is 0 Å². The molecule has 0 aromatic heterocycles. The third-order valence-corrected chi connectivity index (χ3v) is 3.81. The van der Waals surface area contributed by atoms with Crippen LogP contribution in [0.3, 0.4) is 0 Å². The normalized spacial score (nSPS) is 11.0. The second-order valence-electron chi connectivity index (χ2n) is 4.98. The molecular formula is C20H13. The van der Waals surface area contributed by atoms with E-state index in [1.165, 1.54) is 32.7 Å². The van der Waals surface area contributed by atoms with Gasteiger partial charge in [-0.3, -0.25) is 0 Å². The van der Waals surface area contributed by atoms with Crippen molar-refractivity contribution in [3.05, 3.63) is 84.9 Å².